The smallest absolute Gasteiger partial charge is 0.453 e. The number of aliphatic hydroxyl groups excluding tert-OH is 1. The van der Waals surface area contributed by atoms with Crippen molar-refractivity contribution in [1.82, 2.24) is 5.32 Å². The van der Waals surface area contributed by atoms with Gasteiger partial charge in [-0.05, 0) is 116 Å². The van der Waals surface area contributed by atoms with Gasteiger partial charge in [0, 0.05) is 32.2 Å². The molecule has 48 heavy (non-hydrogen) atoms. The molecule has 0 spiro atoms. The standard InChI is InChI=1S/C38H54F5NO4/c1-35-20-18-27(45)23-26(35)12-15-29-31-16-17-32(46)36(31,2)24-30(34(29)35)25-10-13-28(14-11-25)48-22-7-5-3-4-6-21-44-33(47)9-8-19-37(39,40)38(41,42)43/h10-11,13-14,26,29-32,34,46H,3-9,12,15-24H2,1-2H3,(H,44,47)/t26?,29-,30?,31-,32?,34-,35-,36-/m0/s1. The Morgan fingerprint density at radius 2 is 1.65 bits per heavy atom. The van der Waals surface area contributed by atoms with E-state index in [2.05, 4.69) is 43.4 Å². The lowest BCUT2D eigenvalue weighted by Gasteiger charge is -2.62. The first-order chi connectivity index (χ1) is 22.7. The summed E-state index contributed by atoms with van der Waals surface area (Å²) in [6.07, 6.45) is 3.94. The number of halogens is 5. The van der Waals surface area contributed by atoms with Gasteiger partial charge in [-0.15, -0.1) is 0 Å². The monoisotopic (exact) mass is 683 g/mol. The van der Waals surface area contributed by atoms with E-state index in [4.69, 9.17) is 4.74 Å². The molecule has 8 atom stereocenters. The van der Waals surface area contributed by atoms with Crippen molar-refractivity contribution in [2.24, 2.45) is 34.5 Å². The average molecular weight is 684 g/mol. The number of ketones is 1. The molecule has 4 aliphatic rings. The second-order valence-electron chi connectivity index (χ2n) is 15.8. The zero-order valence-corrected chi connectivity index (χ0v) is 28.6. The summed E-state index contributed by atoms with van der Waals surface area (Å²) in [5.41, 5.74) is 1.40. The first-order valence-electron chi connectivity index (χ1n) is 18.3. The number of carbonyl (C=O) groups is 2. The first-order valence-corrected chi connectivity index (χ1v) is 18.3. The molecule has 5 nitrogen and oxygen atoms in total. The van der Waals surface area contributed by atoms with Crippen molar-refractivity contribution in [2.45, 2.75) is 141 Å². The second kappa shape index (κ2) is 14.9. The van der Waals surface area contributed by atoms with Gasteiger partial charge in [0.2, 0.25) is 5.91 Å². The Labute approximate surface area is 282 Å². The maximum atomic E-state index is 12.9. The van der Waals surface area contributed by atoms with Gasteiger partial charge in [-0.3, -0.25) is 9.59 Å². The summed E-state index contributed by atoms with van der Waals surface area (Å²) in [5.74, 6) is -1.55. The maximum absolute atomic E-state index is 12.9. The number of benzene rings is 1. The van der Waals surface area contributed by atoms with E-state index in [-0.39, 0.29) is 23.4 Å². The Morgan fingerprint density at radius 1 is 0.938 bits per heavy atom. The van der Waals surface area contributed by atoms with Crippen molar-refractivity contribution in [3.63, 3.8) is 0 Å². The van der Waals surface area contributed by atoms with Gasteiger partial charge in [0.25, 0.3) is 0 Å². The van der Waals surface area contributed by atoms with E-state index in [9.17, 15) is 36.6 Å². The van der Waals surface area contributed by atoms with E-state index >= 15 is 0 Å². The second-order valence-corrected chi connectivity index (χ2v) is 15.8. The Morgan fingerprint density at radius 3 is 2.38 bits per heavy atom. The Balaban J connectivity index is 1.04. The molecule has 5 rings (SSSR count). The van der Waals surface area contributed by atoms with Crippen LogP contribution in [0.5, 0.6) is 5.75 Å². The molecule has 1 aromatic rings. The van der Waals surface area contributed by atoms with Crippen LogP contribution in [0.2, 0.25) is 0 Å². The van der Waals surface area contributed by atoms with Gasteiger partial charge in [-0.25, -0.2) is 0 Å². The number of hydrogen-bond acceptors (Lipinski definition) is 4. The summed E-state index contributed by atoms with van der Waals surface area (Å²) >= 11 is 0. The number of ether oxygens (including phenoxy) is 1. The lowest BCUT2D eigenvalue weighted by molar-refractivity contribution is -0.284. The largest absolute Gasteiger partial charge is 0.494 e. The molecule has 1 amide bonds. The Kier molecular flexibility index (Phi) is 11.5. The first kappa shape index (κ1) is 37.0. The van der Waals surface area contributed by atoms with Crippen LogP contribution in [0.15, 0.2) is 24.3 Å². The van der Waals surface area contributed by atoms with Crippen LogP contribution >= 0.6 is 0 Å². The molecule has 0 bridgehead atoms. The number of Topliss-reactive ketones (excluding diaryl/α,β-unsaturated/α-hetero) is 1. The van der Waals surface area contributed by atoms with Crippen LogP contribution in [0.4, 0.5) is 22.0 Å². The van der Waals surface area contributed by atoms with Gasteiger partial charge < -0.3 is 15.2 Å². The highest BCUT2D eigenvalue weighted by Crippen LogP contribution is 2.69. The molecule has 2 N–H and O–H groups in total. The third-order valence-corrected chi connectivity index (χ3v) is 12.9. The molecular weight excluding hydrogens is 629 g/mol. The average Bonchev–Trinajstić information content (AvgIpc) is 3.33. The number of rotatable bonds is 14. The Bertz CT molecular complexity index is 1250. The van der Waals surface area contributed by atoms with Gasteiger partial charge in [-0.1, -0.05) is 45.2 Å². The van der Waals surface area contributed by atoms with E-state index in [1.165, 1.54) is 5.56 Å². The summed E-state index contributed by atoms with van der Waals surface area (Å²) in [7, 11) is 0. The SMILES string of the molecule is C[C@]12CCC(=O)CC1CC[C@@H]1[C@H]2C(c2ccc(OCCCCCCCNC(=O)CCCC(F)(F)C(F)(F)F)cc2)C[C@]2(C)C(O)CC[C@@H]12. The van der Waals surface area contributed by atoms with Gasteiger partial charge >= 0.3 is 12.1 Å². The van der Waals surface area contributed by atoms with E-state index in [1.807, 2.05) is 0 Å². The lowest BCUT2D eigenvalue weighted by Crippen LogP contribution is -2.56. The molecule has 270 valence electrons. The van der Waals surface area contributed by atoms with Crippen molar-refractivity contribution < 1.29 is 41.4 Å². The van der Waals surface area contributed by atoms with Gasteiger partial charge in [0.05, 0.1) is 12.7 Å². The summed E-state index contributed by atoms with van der Waals surface area (Å²) in [6.45, 7) is 5.75. The molecule has 4 fully saturated rings. The number of hydrogen-bond donors (Lipinski definition) is 2. The minimum Gasteiger partial charge on any atom is -0.494 e. The minimum atomic E-state index is -5.58. The fourth-order valence-electron chi connectivity index (χ4n) is 10.2. The molecule has 0 radical (unpaired) electrons. The zero-order chi connectivity index (χ0) is 34.7. The van der Waals surface area contributed by atoms with E-state index in [0.717, 1.165) is 76.4 Å². The van der Waals surface area contributed by atoms with Gasteiger partial charge in [0.1, 0.15) is 11.5 Å². The number of unbranched alkanes of at least 4 members (excludes halogenated alkanes) is 4. The quantitative estimate of drug-likeness (QED) is 0.152. The Hall–Kier alpha value is -2.23. The third kappa shape index (κ3) is 7.88. The van der Waals surface area contributed by atoms with E-state index in [0.29, 0.717) is 61.4 Å². The fraction of sp³-hybridized carbons (Fsp3) is 0.789. The lowest BCUT2D eigenvalue weighted by atomic mass is 9.42. The van der Waals surface area contributed by atoms with Crippen molar-refractivity contribution >= 4 is 11.7 Å². The molecule has 0 heterocycles. The molecule has 0 saturated heterocycles. The number of nitrogens with one attached hydrogen (secondary N) is 1. The van der Waals surface area contributed by atoms with Crippen LogP contribution in [-0.2, 0) is 9.59 Å². The predicted molar refractivity (Wildman–Crippen MR) is 174 cm³/mol. The number of aliphatic hydroxyl groups is 1. The van der Waals surface area contributed by atoms with Crippen LogP contribution < -0.4 is 10.1 Å². The number of amides is 1. The third-order valence-electron chi connectivity index (χ3n) is 12.9. The van der Waals surface area contributed by atoms with Gasteiger partial charge in [0.15, 0.2) is 0 Å². The normalized spacial score (nSPS) is 33.5. The molecule has 0 aromatic heterocycles. The minimum absolute atomic E-state index is 0.0691. The van der Waals surface area contributed by atoms with Crippen LogP contribution in [0.1, 0.15) is 128 Å². The maximum Gasteiger partial charge on any atom is 0.453 e. The van der Waals surface area contributed by atoms with Crippen LogP contribution in [0, 0.1) is 34.5 Å². The molecular formula is C38H54F5NO4. The molecule has 4 saturated carbocycles. The molecule has 10 heteroatoms. The summed E-state index contributed by atoms with van der Waals surface area (Å²) in [4.78, 5) is 24.2. The fourth-order valence-corrected chi connectivity index (χ4v) is 10.2. The predicted octanol–water partition coefficient (Wildman–Crippen LogP) is 9.17. The molecule has 0 aliphatic heterocycles. The summed E-state index contributed by atoms with van der Waals surface area (Å²) in [6, 6.07) is 8.59. The van der Waals surface area contributed by atoms with Crippen molar-refractivity contribution in [1.29, 1.82) is 0 Å². The van der Waals surface area contributed by atoms with Gasteiger partial charge in [-0.2, -0.15) is 22.0 Å². The molecule has 4 aliphatic carbocycles. The van der Waals surface area contributed by atoms with Crippen LogP contribution in [0.25, 0.3) is 0 Å². The molecule has 1 aromatic carbocycles. The summed E-state index contributed by atoms with van der Waals surface area (Å²) < 4.78 is 68.6. The topological polar surface area (TPSA) is 75.6 Å². The summed E-state index contributed by atoms with van der Waals surface area (Å²) in [5, 5.41) is 13.8. The highest BCUT2D eigenvalue weighted by molar-refractivity contribution is 5.79. The van der Waals surface area contributed by atoms with E-state index < -0.39 is 30.8 Å². The van der Waals surface area contributed by atoms with Crippen molar-refractivity contribution in [3.8, 4) is 5.75 Å². The van der Waals surface area contributed by atoms with Crippen molar-refractivity contribution in [2.75, 3.05) is 13.2 Å². The van der Waals surface area contributed by atoms with Crippen molar-refractivity contribution in [3.05, 3.63) is 29.8 Å². The molecule has 3 unspecified atom stereocenters. The number of fused-ring (bicyclic) bond motifs is 5. The van der Waals surface area contributed by atoms with Crippen LogP contribution in [0.3, 0.4) is 0 Å². The number of alkyl halides is 5. The number of carbonyl (C=O) groups excluding carboxylic acids is 2. The van der Waals surface area contributed by atoms with E-state index in [1.54, 1.807) is 0 Å². The zero-order valence-electron chi connectivity index (χ0n) is 28.6. The highest BCUT2D eigenvalue weighted by Gasteiger charge is 2.63. The highest BCUT2D eigenvalue weighted by atomic mass is 19.4. The van der Waals surface area contributed by atoms with Crippen LogP contribution in [-0.4, -0.2) is 48.2 Å².